The van der Waals surface area contributed by atoms with Crippen molar-refractivity contribution < 1.29 is 19.4 Å². The molecule has 2 heterocycles. The third kappa shape index (κ3) is 2.83. The van der Waals surface area contributed by atoms with Crippen LogP contribution in [0.5, 0.6) is 0 Å². The van der Waals surface area contributed by atoms with E-state index in [9.17, 15) is 14.7 Å². The summed E-state index contributed by atoms with van der Waals surface area (Å²) in [6.45, 7) is 2.01. The number of benzene rings is 1. The molecule has 0 aliphatic carbocycles. The lowest BCUT2D eigenvalue weighted by Crippen LogP contribution is -2.56. The Kier molecular flexibility index (Phi) is 3.87. The number of aromatic nitrogens is 2. The molecule has 1 saturated heterocycles. The molecule has 2 aromatic rings. The van der Waals surface area contributed by atoms with Gasteiger partial charge in [-0.2, -0.15) is 0 Å². The summed E-state index contributed by atoms with van der Waals surface area (Å²) >= 11 is 0. The van der Waals surface area contributed by atoms with E-state index in [0.29, 0.717) is 12.2 Å². The van der Waals surface area contributed by atoms with Crippen LogP contribution in [0.3, 0.4) is 0 Å². The third-order valence-electron chi connectivity index (χ3n) is 3.91. The average Bonchev–Trinajstić information content (AvgIpc) is 3.04. The van der Waals surface area contributed by atoms with Gasteiger partial charge in [-0.15, -0.1) is 0 Å². The van der Waals surface area contributed by atoms with E-state index in [4.69, 9.17) is 4.74 Å². The Balaban J connectivity index is 1.87. The highest BCUT2D eigenvalue weighted by Gasteiger charge is 2.41. The summed E-state index contributed by atoms with van der Waals surface area (Å²) in [6.07, 6.45) is 3.06. The van der Waals surface area contributed by atoms with Gasteiger partial charge >= 0.3 is 5.97 Å². The minimum absolute atomic E-state index is 0.00113. The Labute approximate surface area is 133 Å². The van der Waals surface area contributed by atoms with Crippen molar-refractivity contribution in [1.82, 2.24) is 14.5 Å². The van der Waals surface area contributed by atoms with Gasteiger partial charge in [-0.3, -0.25) is 9.36 Å². The minimum Gasteiger partial charge on any atom is -0.479 e. The summed E-state index contributed by atoms with van der Waals surface area (Å²) in [6, 6.07) is 9.39. The molecule has 1 atom stereocenters. The summed E-state index contributed by atoms with van der Waals surface area (Å²) in [7, 11) is 0. The number of ether oxygens (including phenoxy) is 1. The van der Waals surface area contributed by atoms with Crippen LogP contribution in [-0.4, -0.2) is 56.7 Å². The number of rotatable bonds is 3. The van der Waals surface area contributed by atoms with Crippen molar-refractivity contribution in [2.45, 2.75) is 12.5 Å². The van der Waals surface area contributed by atoms with Crippen molar-refractivity contribution in [2.24, 2.45) is 0 Å². The van der Waals surface area contributed by atoms with Crippen LogP contribution >= 0.6 is 0 Å². The number of carboxylic acid groups (broad SMARTS) is 1. The van der Waals surface area contributed by atoms with E-state index in [0.717, 1.165) is 5.69 Å². The molecule has 1 aromatic heterocycles. The fourth-order valence-electron chi connectivity index (χ4n) is 2.58. The number of carbonyl (C=O) groups excluding carboxylic acids is 1. The molecule has 7 nitrogen and oxygen atoms in total. The molecule has 1 aromatic carbocycles. The predicted molar refractivity (Wildman–Crippen MR) is 81.5 cm³/mol. The van der Waals surface area contributed by atoms with Crippen molar-refractivity contribution in [1.29, 1.82) is 0 Å². The molecule has 1 fully saturated rings. The molecule has 1 unspecified atom stereocenters. The molecule has 1 aliphatic heterocycles. The second kappa shape index (κ2) is 5.85. The van der Waals surface area contributed by atoms with Gasteiger partial charge in [0.05, 0.1) is 25.7 Å². The number of nitrogens with zero attached hydrogens (tertiary/aromatic N) is 3. The summed E-state index contributed by atoms with van der Waals surface area (Å²) in [4.78, 5) is 29.7. The minimum atomic E-state index is -1.38. The zero-order valence-electron chi connectivity index (χ0n) is 12.7. The first kappa shape index (κ1) is 15.2. The molecule has 23 heavy (non-hydrogen) atoms. The maximum Gasteiger partial charge on any atom is 0.337 e. The Morgan fingerprint density at radius 3 is 2.74 bits per heavy atom. The molecule has 0 spiro atoms. The highest BCUT2D eigenvalue weighted by atomic mass is 16.5. The van der Waals surface area contributed by atoms with Gasteiger partial charge in [-0.1, -0.05) is 18.2 Å². The number of carbonyl (C=O) groups is 2. The van der Waals surface area contributed by atoms with Crippen LogP contribution in [0.15, 0.2) is 42.9 Å². The fourth-order valence-corrected chi connectivity index (χ4v) is 2.58. The number of imidazole rings is 1. The molecule has 120 valence electrons. The third-order valence-corrected chi connectivity index (χ3v) is 3.91. The summed E-state index contributed by atoms with van der Waals surface area (Å²) < 4.78 is 7.01. The number of amides is 1. The average molecular weight is 315 g/mol. The van der Waals surface area contributed by atoms with Crippen LogP contribution in [-0.2, 0) is 9.53 Å². The van der Waals surface area contributed by atoms with E-state index < -0.39 is 11.6 Å². The number of morpholine rings is 1. The van der Waals surface area contributed by atoms with E-state index in [2.05, 4.69) is 4.98 Å². The Morgan fingerprint density at radius 2 is 2.04 bits per heavy atom. The van der Waals surface area contributed by atoms with E-state index >= 15 is 0 Å². The SMILES string of the molecule is CC1(C(=O)O)CN(C(=O)c2cncn2-c2ccccc2)CCO1. The van der Waals surface area contributed by atoms with Crippen molar-refractivity contribution >= 4 is 11.9 Å². The van der Waals surface area contributed by atoms with Gasteiger partial charge in [-0.05, 0) is 19.1 Å². The van der Waals surface area contributed by atoms with Crippen molar-refractivity contribution in [3.63, 3.8) is 0 Å². The molecule has 0 saturated carbocycles. The standard InChI is InChI=1S/C16H17N3O4/c1-16(15(21)22)10-18(7-8-23-16)14(20)13-9-17-11-19(13)12-5-3-2-4-6-12/h2-6,9,11H,7-8,10H2,1H3,(H,21,22). The van der Waals surface area contributed by atoms with Gasteiger partial charge in [0.2, 0.25) is 0 Å². The van der Waals surface area contributed by atoms with Crippen LogP contribution in [0.4, 0.5) is 0 Å². The monoisotopic (exact) mass is 315 g/mol. The number of hydrogen-bond acceptors (Lipinski definition) is 4. The zero-order valence-corrected chi connectivity index (χ0v) is 12.7. The Bertz CT molecular complexity index is 728. The van der Waals surface area contributed by atoms with Gasteiger partial charge in [0.15, 0.2) is 5.60 Å². The van der Waals surface area contributed by atoms with Gasteiger partial charge < -0.3 is 14.7 Å². The molecule has 0 radical (unpaired) electrons. The predicted octanol–water partition coefficient (Wildman–Crippen LogP) is 1.19. The molecule has 7 heteroatoms. The van der Waals surface area contributed by atoms with Crippen LogP contribution in [0, 0.1) is 0 Å². The molecule has 1 aliphatic rings. The molecule has 1 amide bonds. The quantitative estimate of drug-likeness (QED) is 0.919. The van der Waals surface area contributed by atoms with Gasteiger partial charge in [0.25, 0.3) is 5.91 Å². The smallest absolute Gasteiger partial charge is 0.337 e. The summed E-state index contributed by atoms with van der Waals surface area (Å²) in [5.74, 6) is -1.34. The number of carboxylic acids is 1. The molecular formula is C16H17N3O4. The normalized spacial score (nSPS) is 21.2. The maximum absolute atomic E-state index is 12.8. The second-order valence-corrected chi connectivity index (χ2v) is 5.60. The van der Waals surface area contributed by atoms with Gasteiger partial charge in [0.1, 0.15) is 5.69 Å². The molecule has 1 N–H and O–H groups in total. The lowest BCUT2D eigenvalue weighted by Gasteiger charge is -2.37. The molecule has 3 rings (SSSR count). The van der Waals surface area contributed by atoms with Crippen LogP contribution in [0.2, 0.25) is 0 Å². The van der Waals surface area contributed by atoms with Crippen molar-refractivity contribution in [3.8, 4) is 5.69 Å². The van der Waals surface area contributed by atoms with Crippen LogP contribution in [0.25, 0.3) is 5.69 Å². The lowest BCUT2D eigenvalue weighted by molar-refractivity contribution is -0.171. The summed E-state index contributed by atoms with van der Waals surface area (Å²) in [5, 5.41) is 9.28. The largest absolute Gasteiger partial charge is 0.479 e. The molecule has 0 bridgehead atoms. The van der Waals surface area contributed by atoms with Crippen molar-refractivity contribution in [3.05, 3.63) is 48.5 Å². The van der Waals surface area contributed by atoms with E-state index in [1.54, 1.807) is 10.9 Å². The highest BCUT2D eigenvalue weighted by molar-refractivity contribution is 5.93. The maximum atomic E-state index is 12.8. The number of para-hydroxylation sites is 1. The van der Waals surface area contributed by atoms with Gasteiger partial charge in [-0.25, -0.2) is 9.78 Å². The fraction of sp³-hybridized carbons (Fsp3) is 0.312. The number of hydrogen-bond donors (Lipinski definition) is 1. The number of aliphatic carboxylic acids is 1. The Hall–Kier alpha value is -2.67. The van der Waals surface area contributed by atoms with E-state index in [-0.39, 0.29) is 19.1 Å². The highest BCUT2D eigenvalue weighted by Crippen LogP contribution is 2.20. The first-order valence-corrected chi connectivity index (χ1v) is 7.26. The second-order valence-electron chi connectivity index (χ2n) is 5.60. The van der Waals surface area contributed by atoms with E-state index in [1.165, 1.54) is 18.0 Å². The van der Waals surface area contributed by atoms with Crippen LogP contribution < -0.4 is 0 Å². The zero-order chi connectivity index (χ0) is 16.4. The molecular weight excluding hydrogens is 298 g/mol. The first-order chi connectivity index (χ1) is 11.0. The van der Waals surface area contributed by atoms with Crippen molar-refractivity contribution in [2.75, 3.05) is 19.7 Å². The van der Waals surface area contributed by atoms with Gasteiger partial charge in [0, 0.05) is 12.2 Å². The summed E-state index contributed by atoms with van der Waals surface area (Å²) in [5.41, 5.74) is -0.167. The topological polar surface area (TPSA) is 84.7 Å². The van der Waals surface area contributed by atoms with E-state index in [1.807, 2.05) is 30.3 Å². The first-order valence-electron chi connectivity index (χ1n) is 7.26. The Morgan fingerprint density at radius 1 is 1.30 bits per heavy atom. The van der Waals surface area contributed by atoms with Crippen LogP contribution in [0.1, 0.15) is 17.4 Å². The lowest BCUT2D eigenvalue weighted by atomic mass is 10.0.